The van der Waals surface area contributed by atoms with Crippen molar-refractivity contribution in [1.29, 1.82) is 0 Å². The molecule has 0 saturated carbocycles. The van der Waals surface area contributed by atoms with Crippen LogP contribution in [0.25, 0.3) is 0 Å². The molecule has 9 heteroatoms. The Labute approximate surface area is 239 Å². The average molecular weight is 568 g/mol. The molecule has 2 aromatic carbocycles. The highest BCUT2D eigenvalue weighted by atomic mass is 28.4. The van der Waals surface area contributed by atoms with E-state index in [9.17, 15) is 19.5 Å². The third-order valence-corrected chi connectivity index (χ3v) is 10.9. The summed E-state index contributed by atoms with van der Waals surface area (Å²) < 4.78 is 6.53. The van der Waals surface area contributed by atoms with Crippen molar-refractivity contribution in [1.82, 2.24) is 10.2 Å². The van der Waals surface area contributed by atoms with Gasteiger partial charge in [-0.05, 0) is 74.5 Å². The third-order valence-electron chi connectivity index (χ3n) is 8.32. The summed E-state index contributed by atoms with van der Waals surface area (Å²) >= 11 is 0. The first-order valence-corrected chi connectivity index (χ1v) is 17.6. The van der Waals surface area contributed by atoms with Crippen LogP contribution in [0.1, 0.15) is 43.7 Å². The van der Waals surface area contributed by atoms with Gasteiger partial charge in [0.25, 0.3) is 0 Å². The second-order valence-electron chi connectivity index (χ2n) is 11.9. The Morgan fingerprint density at radius 3 is 2.52 bits per heavy atom. The number of ether oxygens (including phenoxy) is 1. The average Bonchev–Trinajstić information content (AvgIpc) is 3.56. The van der Waals surface area contributed by atoms with E-state index < -0.39 is 8.32 Å². The van der Waals surface area contributed by atoms with E-state index in [1.54, 1.807) is 4.90 Å². The molecule has 5 atom stereocenters. The first kappa shape index (κ1) is 30.4. The molecule has 2 aromatic rings. The zero-order valence-electron chi connectivity index (χ0n) is 24.0. The van der Waals surface area contributed by atoms with Crippen LogP contribution in [-0.4, -0.2) is 72.9 Å². The normalized spacial score (nSPS) is 24.7. The zero-order chi connectivity index (χ0) is 28.7. The largest absolute Gasteiger partial charge is 0.432 e. The van der Waals surface area contributed by atoms with Crippen LogP contribution in [0, 0.1) is 5.92 Å². The van der Waals surface area contributed by atoms with Crippen molar-refractivity contribution in [3.63, 3.8) is 0 Å². The first-order valence-electron chi connectivity index (χ1n) is 14.6. The van der Waals surface area contributed by atoms with E-state index in [0.29, 0.717) is 6.54 Å². The van der Waals surface area contributed by atoms with Crippen LogP contribution in [0.4, 0.5) is 5.69 Å². The Balaban J connectivity index is 1.39. The number of nitrogens with one attached hydrogen (secondary N) is 2. The molecule has 0 bridgehead atoms. The second-order valence-corrected chi connectivity index (χ2v) is 15.8. The predicted molar refractivity (Wildman–Crippen MR) is 159 cm³/mol. The van der Waals surface area contributed by atoms with E-state index in [1.165, 1.54) is 0 Å². The highest BCUT2D eigenvalue weighted by Crippen LogP contribution is 2.45. The van der Waals surface area contributed by atoms with Crippen molar-refractivity contribution in [3.05, 3.63) is 65.7 Å². The van der Waals surface area contributed by atoms with Gasteiger partial charge in [0.2, 0.25) is 11.8 Å². The Hall–Kier alpha value is -2.56. The maximum absolute atomic E-state index is 13.4. The van der Waals surface area contributed by atoms with Crippen molar-refractivity contribution in [3.8, 4) is 0 Å². The molecule has 2 amide bonds. The van der Waals surface area contributed by atoms with Gasteiger partial charge in [0.1, 0.15) is 0 Å². The molecular formula is C31H45N3O5Si. The van der Waals surface area contributed by atoms with Crippen LogP contribution in [-0.2, 0) is 27.3 Å². The van der Waals surface area contributed by atoms with Crippen LogP contribution < -0.4 is 10.6 Å². The lowest BCUT2D eigenvalue weighted by atomic mass is 9.95. The Bertz CT molecular complexity index is 1120. The highest BCUT2D eigenvalue weighted by Gasteiger charge is 2.50. The molecular weight excluding hydrogens is 522 g/mol. The molecule has 0 spiro atoms. The van der Waals surface area contributed by atoms with Crippen molar-refractivity contribution in [2.45, 2.75) is 82.5 Å². The van der Waals surface area contributed by atoms with Gasteiger partial charge in [-0.1, -0.05) is 49.4 Å². The van der Waals surface area contributed by atoms with Gasteiger partial charge in [-0.2, -0.15) is 0 Å². The maximum atomic E-state index is 13.4. The highest BCUT2D eigenvalue weighted by molar-refractivity contribution is 6.71. The maximum Gasteiger partial charge on any atom is 0.241 e. The fourth-order valence-corrected chi connectivity index (χ4v) is 8.98. The van der Waals surface area contributed by atoms with E-state index >= 15 is 0 Å². The lowest BCUT2D eigenvalue weighted by Crippen LogP contribution is -2.42. The number of benzene rings is 2. The van der Waals surface area contributed by atoms with Crippen LogP contribution >= 0.6 is 0 Å². The van der Waals surface area contributed by atoms with E-state index in [0.717, 1.165) is 49.0 Å². The monoisotopic (exact) mass is 567 g/mol. The number of anilines is 1. The van der Waals surface area contributed by atoms with Gasteiger partial charge in [0.15, 0.2) is 8.32 Å². The Morgan fingerprint density at radius 2 is 1.85 bits per heavy atom. The summed E-state index contributed by atoms with van der Waals surface area (Å²) in [6.07, 6.45) is 3.16. The van der Waals surface area contributed by atoms with E-state index in [1.807, 2.05) is 61.6 Å². The lowest BCUT2D eigenvalue weighted by molar-refractivity contribution is -0.135. The molecule has 2 aliphatic rings. The van der Waals surface area contributed by atoms with Crippen LogP contribution in [0.15, 0.2) is 54.6 Å². The standard InChI is InChI=1S/C31H45N3O5Si/c1-22-27(15-14-23-11-7-12-25(19-23)33-31(37)26-13-8-16-32-26)39-28(30(22)40(2,3)38)20-29(36)34(17-18-35)21-24-9-5-4-6-10-24/h4-7,9-12,19,22,26-28,30,32,35,38H,8,13-18,20-21H2,1-3H3,(H,33,37)/t22-,26+,27+,28-,30+/m0/s1. The van der Waals surface area contributed by atoms with Crippen LogP contribution in [0.3, 0.4) is 0 Å². The molecule has 218 valence electrons. The number of aliphatic hydroxyl groups is 1. The number of amides is 2. The molecule has 4 N–H and O–H groups in total. The number of rotatable bonds is 12. The minimum absolute atomic E-state index is 0.00962. The number of carbonyl (C=O) groups is 2. The topological polar surface area (TPSA) is 111 Å². The first-order chi connectivity index (χ1) is 19.2. The van der Waals surface area contributed by atoms with Gasteiger partial charge >= 0.3 is 0 Å². The van der Waals surface area contributed by atoms with E-state index in [4.69, 9.17) is 4.74 Å². The second kappa shape index (κ2) is 13.9. The number of aryl methyl sites for hydroxylation is 1. The summed E-state index contributed by atoms with van der Waals surface area (Å²) in [5.74, 6) is 0.0517. The van der Waals surface area contributed by atoms with Crippen molar-refractivity contribution < 1.29 is 24.2 Å². The third kappa shape index (κ3) is 8.01. The van der Waals surface area contributed by atoms with Gasteiger partial charge in [-0.3, -0.25) is 9.59 Å². The molecule has 4 rings (SSSR count). The lowest BCUT2D eigenvalue weighted by Gasteiger charge is -2.31. The summed E-state index contributed by atoms with van der Waals surface area (Å²) in [6, 6.07) is 17.6. The van der Waals surface area contributed by atoms with Gasteiger partial charge in [-0.15, -0.1) is 0 Å². The quantitative estimate of drug-likeness (QED) is 0.291. The summed E-state index contributed by atoms with van der Waals surface area (Å²) in [6.45, 7) is 7.45. The minimum Gasteiger partial charge on any atom is -0.432 e. The molecule has 2 heterocycles. The zero-order valence-corrected chi connectivity index (χ0v) is 25.0. The van der Waals surface area contributed by atoms with Crippen LogP contribution in [0.5, 0.6) is 0 Å². The minimum atomic E-state index is -2.63. The van der Waals surface area contributed by atoms with Gasteiger partial charge in [0.05, 0.1) is 31.3 Å². The molecule has 0 radical (unpaired) electrons. The summed E-state index contributed by atoms with van der Waals surface area (Å²) in [5, 5.41) is 15.9. The van der Waals surface area contributed by atoms with Gasteiger partial charge in [0, 0.05) is 24.3 Å². The summed E-state index contributed by atoms with van der Waals surface area (Å²) in [7, 11) is -2.63. The van der Waals surface area contributed by atoms with E-state index in [2.05, 4.69) is 23.6 Å². The number of hydrogen-bond acceptors (Lipinski definition) is 6. The fourth-order valence-electron chi connectivity index (χ4n) is 6.38. The molecule has 0 unspecified atom stereocenters. The van der Waals surface area contributed by atoms with Gasteiger partial charge in [-0.25, -0.2) is 0 Å². The van der Waals surface area contributed by atoms with E-state index in [-0.39, 0.29) is 61.1 Å². The molecule has 2 fully saturated rings. The number of carbonyl (C=O) groups excluding carboxylic acids is 2. The number of hydrogen-bond donors (Lipinski definition) is 4. The molecule has 40 heavy (non-hydrogen) atoms. The van der Waals surface area contributed by atoms with Crippen molar-refractivity contribution >= 4 is 25.8 Å². The van der Waals surface area contributed by atoms with Gasteiger partial charge < -0.3 is 30.2 Å². The molecule has 0 aliphatic carbocycles. The smallest absolute Gasteiger partial charge is 0.241 e. The molecule has 8 nitrogen and oxygen atoms in total. The SMILES string of the molecule is C[C@@H]1[C@@H]([Si](C)(C)O)[C@H](CC(=O)N(CCO)Cc2ccccc2)O[C@@H]1CCc1cccc(NC(=O)[C@H]2CCCN2)c1. The molecule has 2 aliphatic heterocycles. The summed E-state index contributed by atoms with van der Waals surface area (Å²) in [5.41, 5.74) is 2.85. The number of aliphatic hydroxyl groups excluding tert-OH is 1. The number of nitrogens with zero attached hydrogens (tertiary/aromatic N) is 1. The predicted octanol–water partition coefficient (Wildman–Crippen LogP) is 3.69. The molecule has 0 aromatic heterocycles. The fraction of sp³-hybridized carbons (Fsp3) is 0.548. The van der Waals surface area contributed by atoms with Crippen molar-refractivity contribution in [2.75, 3.05) is 25.0 Å². The molecule has 2 saturated heterocycles. The van der Waals surface area contributed by atoms with Crippen molar-refractivity contribution in [2.24, 2.45) is 5.92 Å². The summed E-state index contributed by atoms with van der Waals surface area (Å²) in [4.78, 5) is 38.8. The Kier molecular flexibility index (Phi) is 10.5. The Morgan fingerprint density at radius 1 is 1.10 bits per heavy atom. The van der Waals surface area contributed by atoms with Crippen LogP contribution in [0.2, 0.25) is 18.6 Å².